The van der Waals surface area contributed by atoms with Crippen LogP contribution in [0.3, 0.4) is 0 Å². The van der Waals surface area contributed by atoms with Crippen LogP contribution < -0.4 is 0 Å². The van der Waals surface area contributed by atoms with Gasteiger partial charge in [-0.05, 0) is 12.8 Å². The molecule has 2 atom stereocenters. The largest absolute Gasteiger partial charge is 0.463 e. The van der Waals surface area contributed by atoms with Crippen LogP contribution in [-0.4, -0.2) is 59.6 Å². The third-order valence-corrected chi connectivity index (χ3v) is 3.31. The monoisotopic (exact) mass is 401 g/mol. The number of hydrogen-bond acceptors (Lipinski definition) is 10. The Morgan fingerprint density at radius 1 is 0.964 bits per heavy atom. The van der Waals surface area contributed by atoms with Gasteiger partial charge in [0, 0.05) is 19.8 Å². The summed E-state index contributed by atoms with van der Waals surface area (Å²) in [6.45, 7) is 5.87. The standard InChI is InChI=1S/C17H23NO10/c1-9(2)8-25-17(24)12(27-11(4)19)7-15(22)26-10(3)16(23)28-18-13(20)5-6-14(18)21/h9-10,12H,5-8H2,1-4H3/t10-,12-/m0/s1. The first-order valence-corrected chi connectivity index (χ1v) is 8.62. The molecule has 1 aliphatic heterocycles. The van der Waals surface area contributed by atoms with Gasteiger partial charge in [-0.3, -0.25) is 19.2 Å². The van der Waals surface area contributed by atoms with Gasteiger partial charge in [0.1, 0.15) is 0 Å². The molecular weight excluding hydrogens is 378 g/mol. The number of ether oxygens (including phenoxy) is 3. The van der Waals surface area contributed by atoms with Crippen molar-refractivity contribution in [3.63, 3.8) is 0 Å². The van der Waals surface area contributed by atoms with E-state index in [-0.39, 0.29) is 25.4 Å². The maximum absolute atomic E-state index is 12.0. The molecule has 0 aromatic carbocycles. The second-order valence-electron chi connectivity index (χ2n) is 6.45. The number of hydrogen-bond donors (Lipinski definition) is 0. The molecule has 1 heterocycles. The van der Waals surface area contributed by atoms with Crippen molar-refractivity contribution in [1.29, 1.82) is 0 Å². The molecule has 0 N–H and O–H groups in total. The molecule has 11 heteroatoms. The van der Waals surface area contributed by atoms with Crippen molar-refractivity contribution < 1.29 is 47.8 Å². The van der Waals surface area contributed by atoms with Crippen molar-refractivity contribution in [2.24, 2.45) is 5.92 Å². The molecule has 1 fully saturated rings. The van der Waals surface area contributed by atoms with Crippen molar-refractivity contribution in [3.8, 4) is 0 Å². The zero-order valence-corrected chi connectivity index (χ0v) is 16.1. The summed E-state index contributed by atoms with van der Waals surface area (Å²) in [6.07, 6.45) is -3.85. The van der Waals surface area contributed by atoms with Crippen LogP contribution in [0.2, 0.25) is 0 Å². The third-order valence-electron chi connectivity index (χ3n) is 3.31. The molecule has 0 radical (unpaired) electrons. The zero-order chi connectivity index (χ0) is 21.4. The second-order valence-corrected chi connectivity index (χ2v) is 6.45. The molecule has 1 aliphatic rings. The van der Waals surface area contributed by atoms with Crippen molar-refractivity contribution in [3.05, 3.63) is 0 Å². The van der Waals surface area contributed by atoms with Gasteiger partial charge >= 0.3 is 23.9 Å². The minimum absolute atomic E-state index is 0.0275. The molecule has 0 bridgehead atoms. The van der Waals surface area contributed by atoms with E-state index in [1.165, 1.54) is 0 Å². The molecule has 0 spiro atoms. The zero-order valence-electron chi connectivity index (χ0n) is 16.1. The van der Waals surface area contributed by atoms with Gasteiger partial charge < -0.3 is 19.0 Å². The Labute approximate surface area is 161 Å². The maximum Gasteiger partial charge on any atom is 0.373 e. The van der Waals surface area contributed by atoms with Crippen molar-refractivity contribution in [1.82, 2.24) is 5.06 Å². The van der Waals surface area contributed by atoms with Crippen molar-refractivity contribution in [2.75, 3.05) is 6.61 Å². The molecule has 28 heavy (non-hydrogen) atoms. The summed E-state index contributed by atoms with van der Waals surface area (Å²) in [5, 5.41) is 0.317. The Morgan fingerprint density at radius 2 is 1.54 bits per heavy atom. The van der Waals surface area contributed by atoms with Crippen LogP contribution in [0, 0.1) is 5.92 Å². The lowest BCUT2D eigenvalue weighted by Gasteiger charge is -2.19. The van der Waals surface area contributed by atoms with E-state index < -0.39 is 54.3 Å². The Hall–Kier alpha value is -2.98. The van der Waals surface area contributed by atoms with Gasteiger partial charge in [0.2, 0.25) is 6.10 Å². The maximum atomic E-state index is 12.0. The first-order valence-electron chi connectivity index (χ1n) is 8.62. The summed E-state index contributed by atoms with van der Waals surface area (Å²) < 4.78 is 14.5. The Balaban J connectivity index is 2.60. The average molecular weight is 401 g/mol. The van der Waals surface area contributed by atoms with Gasteiger partial charge in [-0.25, -0.2) is 9.59 Å². The Bertz CT molecular complexity index is 640. The summed E-state index contributed by atoms with van der Waals surface area (Å²) in [4.78, 5) is 74.4. The number of carbonyl (C=O) groups excluding carboxylic acids is 6. The number of hydroxylamine groups is 2. The van der Waals surface area contributed by atoms with Gasteiger partial charge in [0.25, 0.3) is 11.8 Å². The van der Waals surface area contributed by atoms with Crippen LogP contribution in [0.5, 0.6) is 0 Å². The first kappa shape index (κ1) is 23.1. The first-order chi connectivity index (χ1) is 13.0. The lowest BCUT2D eigenvalue weighted by molar-refractivity contribution is -0.205. The molecule has 2 amide bonds. The number of imide groups is 1. The van der Waals surface area contributed by atoms with Gasteiger partial charge in [-0.1, -0.05) is 13.8 Å². The minimum atomic E-state index is -1.53. The number of rotatable bonds is 9. The van der Waals surface area contributed by atoms with E-state index >= 15 is 0 Å². The third kappa shape index (κ3) is 7.33. The summed E-state index contributed by atoms with van der Waals surface area (Å²) in [6, 6.07) is 0. The second kappa shape index (κ2) is 10.4. The normalized spacial score (nSPS) is 15.8. The van der Waals surface area contributed by atoms with E-state index in [2.05, 4.69) is 4.84 Å². The Morgan fingerprint density at radius 3 is 2.04 bits per heavy atom. The molecular formula is C17H23NO10. The van der Waals surface area contributed by atoms with Crippen molar-refractivity contribution >= 4 is 35.7 Å². The number of esters is 3. The lowest BCUT2D eigenvalue weighted by Crippen LogP contribution is -2.38. The minimum Gasteiger partial charge on any atom is -0.463 e. The lowest BCUT2D eigenvalue weighted by atomic mass is 10.2. The highest BCUT2D eigenvalue weighted by Gasteiger charge is 2.35. The van der Waals surface area contributed by atoms with E-state index in [0.717, 1.165) is 13.8 Å². The SMILES string of the molecule is CC(=O)O[C@@H](CC(=O)O[C@@H](C)C(=O)ON1C(=O)CCC1=O)C(=O)OCC(C)C. The Kier molecular flexibility index (Phi) is 8.55. The fraction of sp³-hybridized carbons (Fsp3) is 0.647. The highest BCUT2D eigenvalue weighted by atomic mass is 16.7. The van der Waals surface area contributed by atoms with Gasteiger partial charge in [-0.15, -0.1) is 5.06 Å². The number of nitrogens with zero attached hydrogens (tertiary/aromatic N) is 1. The fourth-order valence-corrected chi connectivity index (χ4v) is 1.98. The van der Waals surface area contributed by atoms with E-state index in [9.17, 15) is 28.8 Å². The molecule has 0 aliphatic carbocycles. The van der Waals surface area contributed by atoms with E-state index in [1.807, 2.05) is 0 Å². The van der Waals surface area contributed by atoms with Crippen LogP contribution in [0.15, 0.2) is 0 Å². The molecule has 156 valence electrons. The topological polar surface area (TPSA) is 143 Å². The van der Waals surface area contributed by atoms with E-state index in [1.54, 1.807) is 13.8 Å². The fourth-order valence-electron chi connectivity index (χ4n) is 1.98. The van der Waals surface area contributed by atoms with Crippen LogP contribution >= 0.6 is 0 Å². The summed E-state index contributed by atoms with van der Waals surface area (Å²) in [7, 11) is 0. The van der Waals surface area contributed by atoms with Crippen LogP contribution in [0.25, 0.3) is 0 Å². The summed E-state index contributed by atoms with van der Waals surface area (Å²) in [5.41, 5.74) is 0. The molecule has 1 rings (SSSR count). The molecule has 0 aromatic rings. The molecule has 0 unspecified atom stereocenters. The van der Waals surface area contributed by atoms with E-state index in [0.29, 0.717) is 5.06 Å². The van der Waals surface area contributed by atoms with Crippen LogP contribution in [0.1, 0.15) is 47.0 Å². The predicted molar refractivity (Wildman–Crippen MR) is 88.7 cm³/mol. The smallest absolute Gasteiger partial charge is 0.373 e. The molecule has 11 nitrogen and oxygen atoms in total. The number of amides is 2. The molecule has 0 saturated carbocycles. The predicted octanol–water partition coefficient (Wildman–Crippen LogP) is 0.0463. The summed E-state index contributed by atoms with van der Waals surface area (Å²) in [5.74, 6) is -5.26. The summed E-state index contributed by atoms with van der Waals surface area (Å²) >= 11 is 0. The average Bonchev–Trinajstić information content (AvgIpc) is 2.90. The quantitative estimate of drug-likeness (QED) is 0.295. The van der Waals surface area contributed by atoms with Crippen molar-refractivity contribution in [2.45, 2.75) is 59.2 Å². The van der Waals surface area contributed by atoms with E-state index in [4.69, 9.17) is 14.2 Å². The number of carbonyl (C=O) groups is 6. The van der Waals surface area contributed by atoms with Gasteiger partial charge in [0.15, 0.2) is 6.10 Å². The molecule has 0 aromatic heterocycles. The highest BCUT2D eigenvalue weighted by molar-refractivity contribution is 6.01. The van der Waals surface area contributed by atoms with Crippen LogP contribution in [-0.2, 0) is 47.8 Å². The van der Waals surface area contributed by atoms with Crippen LogP contribution in [0.4, 0.5) is 0 Å². The molecule has 1 saturated heterocycles. The van der Waals surface area contributed by atoms with Gasteiger partial charge in [0.05, 0.1) is 13.0 Å². The highest BCUT2D eigenvalue weighted by Crippen LogP contribution is 2.14. The van der Waals surface area contributed by atoms with Gasteiger partial charge in [-0.2, -0.15) is 0 Å².